The molecule has 1 N–H and O–H groups in total. The molecular formula is C13H21F3O. The largest absolute Gasteiger partial charge is 0.400 e. The summed E-state index contributed by atoms with van der Waals surface area (Å²) in [6, 6.07) is 10.0. The predicted molar refractivity (Wildman–Crippen MR) is 67.8 cm³/mol. The minimum Gasteiger partial charge on any atom is -0.400 e. The number of halogens is 3. The average Bonchev–Trinajstić information content (AvgIpc) is 2.33. The van der Waals surface area contributed by atoms with Crippen LogP contribution in [0.2, 0.25) is 0 Å². The van der Waals surface area contributed by atoms with Gasteiger partial charge in [-0.2, -0.15) is 13.2 Å². The highest BCUT2D eigenvalue weighted by molar-refractivity contribution is 5.45. The molecule has 0 atom stereocenters. The van der Waals surface area contributed by atoms with E-state index in [0.29, 0.717) is 0 Å². The molecule has 0 saturated heterocycles. The number of hydrogen-bond acceptors (Lipinski definition) is 1. The lowest BCUT2D eigenvalue weighted by Gasteiger charge is -1.88. The van der Waals surface area contributed by atoms with Crippen molar-refractivity contribution in [2.75, 3.05) is 7.11 Å². The molecule has 0 bridgehead atoms. The lowest BCUT2D eigenvalue weighted by atomic mass is 10.2. The maximum atomic E-state index is 10.4. The third kappa shape index (κ3) is 31.3. The lowest BCUT2D eigenvalue weighted by molar-refractivity contribution is -0.110. The first-order chi connectivity index (χ1) is 7.93. The Balaban J connectivity index is -0.000000190. The molecule has 0 heterocycles. The molecule has 17 heavy (non-hydrogen) atoms. The Morgan fingerprint density at radius 3 is 1.53 bits per heavy atom. The highest BCUT2D eigenvalue weighted by atomic mass is 19.4. The summed E-state index contributed by atoms with van der Waals surface area (Å²) in [4.78, 5) is 0. The summed E-state index contributed by atoms with van der Waals surface area (Å²) in [6.45, 7) is 7.82. The van der Waals surface area contributed by atoms with Crippen molar-refractivity contribution < 1.29 is 18.3 Å². The van der Waals surface area contributed by atoms with E-state index in [9.17, 15) is 13.2 Å². The Labute approximate surface area is 102 Å². The molecule has 0 aromatic heterocycles. The number of aliphatic hydroxyl groups is 1. The Morgan fingerprint density at radius 1 is 1.06 bits per heavy atom. The zero-order valence-corrected chi connectivity index (χ0v) is 10.8. The van der Waals surface area contributed by atoms with Gasteiger partial charge in [0.25, 0.3) is 0 Å². The van der Waals surface area contributed by atoms with Crippen LogP contribution in [0.3, 0.4) is 0 Å². The van der Waals surface area contributed by atoms with E-state index in [-0.39, 0.29) is 6.92 Å². The first kappa shape index (κ1) is 21.0. The van der Waals surface area contributed by atoms with Gasteiger partial charge in [-0.25, -0.2) is 0 Å². The molecule has 0 saturated carbocycles. The molecule has 0 aliphatic carbocycles. The van der Waals surface area contributed by atoms with Crippen LogP contribution >= 0.6 is 0 Å². The van der Waals surface area contributed by atoms with Crippen molar-refractivity contribution in [3.8, 4) is 0 Å². The van der Waals surface area contributed by atoms with E-state index in [1.54, 1.807) is 0 Å². The SMILES string of the molecule is C=Cc1ccccc1.CC.CC(F)(F)F.CO. The van der Waals surface area contributed by atoms with Crippen molar-refractivity contribution in [2.24, 2.45) is 0 Å². The molecule has 0 fully saturated rings. The van der Waals surface area contributed by atoms with E-state index < -0.39 is 6.18 Å². The van der Waals surface area contributed by atoms with Gasteiger partial charge in [0.2, 0.25) is 0 Å². The van der Waals surface area contributed by atoms with Crippen LogP contribution in [0.15, 0.2) is 36.9 Å². The minimum absolute atomic E-state index is 0.188. The predicted octanol–water partition coefficient (Wildman–Crippen LogP) is 4.53. The Bertz CT molecular complexity index is 237. The molecule has 0 unspecified atom stereocenters. The van der Waals surface area contributed by atoms with Crippen LogP contribution in [-0.2, 0) is 0 Å². The summed E-state index contributed by atoms with van der Waals surface area (Å²) in [5, 5.41) is 7.00. The number of benzene rings is 1. The number of aliphatic hydroxyl groups excluding tert-OH is 1. The molecule has 0 radical (unpaired) electrons. The highest BCUT2D eigenvalue weighted by Crippen LogP contribution is 2.10. The van der Waals surface area contributed by atoms with Gasteiger partial charge in [0.1, 0.15) is 0 Å². The van der Waals surface area contributed by atoms with E-state index in [4.69, 9.17) is 5.11 Å². The second kappa shape index (κ2) is 14.7. The van der Waals surface area contributed by atoms with Gasteiger partial charge in [0, 0.05) is 14.0 Å². The molecule has 1 aromatic carbocycles. The molecule has 0 amide bonds. The van der Waals surface area contributed by atoms with Gasteiger partial charge in [-0.05, 0) is 5.56 Å². The second-order valence-electron chi connectivity index (χ2n) is 2.40. The van der Waals surface area contributed by atoms with Crippen LogP contribution in [-0.4, -0.2) is 18.4 Å². The fourth-order valence-electron chi connectivity index (χ4n) is 0.589. The van der Waals surface area contributed by atoms with Gasteiger partial charge in [-0.1, -0.05) is 56.8 Å². The Hall–Kier alpha value is -1.29. The van der Waals surface area contributed by atoms with E-state index >= 15 is 0 Å². The maximum absolute atomic E-state index is 10.4. The van der Waals surface area contributed by atoms with Crippen molar-refractivity contribution in [1.82, 2.24) is 0 Å². The van der Waals surface area contributed by atoms with Crippen LogP contribution in [0.25, 0.3) is 6.08 Å². The molecule has 1 rings (SSSR count). The highest BCUT2D eigenvalue weighted by Gasteiger charge is 2.15. The summed E-state index contributed by atoms with van der Waals surface area (Å²) < 4.78 is 31.1. The Morgan fingerprint density at radius 2 is 1.35 bits per heavy atom. The summed E-state index contributed by atoms with van der Waals surface area (Å²) in [5.74, 6) is 0. The topological polar surface area (TPSA) is 20.2 Å². The number of rotatable bonds is 1. The molecule has 0 aliphatic heterocycles. The summed E-state index contributed by atoms with van der Waals surface area (Å²) in [5.41, 5.74) is 1.17. The zero-order valence-electron chi connectivity index (χ0n) is 10.8. The monoisotopic (exact) mass is 250 g/mol. The molecule has 0 aliphatic rings. The van der Waals surface area contributed by atoms with Gasteiger partial charge in [-0.15, -0.1) is 0 Å². The van der Waals surface area contributed by atoms with Crippen molar-refractivity contribution in [3.05, 3.63) is 42.5 Å². The van der Waals surface area contributed by atoms with Gasteiger partial charge in [-0.3, -0.25) is 0 Å². The maximum Gasteiger partial charge on any atom is 0.386 e. The quantitative estimate of drug-likeness (QED) is 0.776. The average molecular weight is 250 g/mol. The number of alkyl halides is 3. The first-order valence-corrected chi connectivity index (χ1v) is 5.12. The normalized spacial score (nSPS) is 8.24. The molecular weight excluding hydrogens is 229 g/mol. The minimum atomic E-state index is -4.00. The van der Waals surface area contributed by atoms with Crippen LogP contribution in [0.5, 0.6) is 0 Å². The summed E-state index contributed by atoms with van der Waals surface area (Å²) in [6.07, 6.45) is -2.17. The summed E-state index contributed by atoms with van der Waals surface area (Å²) in [7, 11) is 1.00. The summed E-state index contributed by atoms with van der Waals surface area (Å²) >= 11 is 0. The van der Waals surface area contributed by atoms with Crippen LogP contribution in [0, 0.1) is 0 Å². The van der Waals surface area contributed by atoms with Crippen LogP contribution < -0.4 is 0 Å². The van der Waals surface area contributed by atoms with E-state index in [1.165, 1.54) is 5.56 Å². The van der Waals surface area contributed by atoms with E-state index in [2.05, 4.69) is 6.58 Å². The second-order valence-corrected chi connectivity index (χ2v) is 2.40. The Kier molecular flexibility index (Phi) is 18.2. The van der Waals surface area contributed by atoms with Gasteiger partial charge >= 0.3 is 6.18 Å². The van der Waals surface area contributed by atoms with E-state index in [0.717, 1.165) is 7.11 Å². The molecule has 4 heteroatoms. The molecule has 100 valence electrons. The molecule has 1 aromatic rings. The third-order valence-corrected chi connectivity index (χ3v) is 1.04. The van der Waals surface area contributed by atoms with Crippen LogP contribution in [0.1, 0.15) is 26.3 Å². The smallest absolute Gasteiger partial charge is 0.386 e. The fourth-order valence-corrected chi connectivity index (χ4v) is 0.589. The third-order valence-electron chi connectivity index (χ3n) is 1.04. The lowest BCUT2D eigenvalue weighted by Crippen LogP contribution is -1.95. The van der Waals surface area contributed by atoms with Gasteiger partial charge in [0.05, 0.1) is 0 Å². The van der Waals surface area contributed by atoms with Crippen molar-refractivity contribution >= 4 is 6.08 Å². The van der Waals surface area contributed by atoms with Crippen LogP contribution in [0.4, 0.5) is 13.2 Å². The molecule has 1 nitrogen and oxygen atoms in total. The zero-order chi connectivity index (χ0) is 14.3. The van der Waals surface area contributed by atoms with Gasteiger partial charge in [0.15, 0.2) is 0 Å². The van der Waals surface area contributed by atoms with Crippen molar-refractivity contribution in [1.29, 1.82) is 0 Å². The number of hydrogen-bond donors (Lipinski definition) is 1. The van der Waals surface area contributed by atoms with Gasteiger partial charge < -0.3 is 5.11 Å². The van der Waals surface area contributed by atoms with Crippen molar-refractivity contribution in [2.45, 2.75) is 26.9 Å². The standard InChI is InChI=1S/C8H8.C2H3F3.C2H6.CH4O/c1-2-8-6-4-3-5-7-8;1-2(3,4)5;2*1-2/h2-7H,1H2;1H3;1-2H3;2H,1H3. The fraction of sp³-hybridized carbons (Fsp3) is 0.385. The first-order valence-electron chi connectivity index (χ1n) is 5.12. The van der Waals surface area contributed by atoms with Crippen molar-refractivity contribution in [3.63, 3.8) is 0 Å². The molecule has 0 spiro atoms. The van der Waals surface area contributed by atoms with E-state index in [1.807, 2.05) is 50.3 Å².